The predicted molar refractivity (Wildman–Crippen MR) is 258 cm³/mol. The predicted octanol–water partition coefficient (Wildman–Crippen LogP) is 17.9. The van der Waals surface area contributed by atoms with E-state index in [4.69, 9.17) is 8.75 Å². The maximum Gasteiger partial charge on any atom is 0.114 e. The molecule has 58 heavy (non-hydrogen) atoms. The van der Waals surface area contributed by atoms with E-state index >= 15 is 0 Å². The Morgan fingerprint density at radius 3 is 1.59 bits per heavy atom. The first-order chi connectivity index (χ1) is 28.4. The highest BCUT2D eigenvalue weighted by Crippen LogP contribution is 2.56. The van der Waals surface area contributed by atoms with E-state index in [9.17, 15) is 0 Å². The lowest BCUT2D eigenvalue weighted by molar-refractivity contribution is 0.401. The summed E-state index contributed by atoms with van der Waals surface area (Å²) in [5, 5.41) is 0. The summed E-state index contributed by atoms with van der Waals surface area (Å²) in [7, 11) is 0. The molecule has 6 aromatic rings. The Labute approximate surface area is 363 Å². The Kier molecular flexibility index (Phi) is 15.1. The van der Waals surface area contributed by atoms with Crippen LogP contribution in [0.1, 0.15) is 176 Å². The standard InChI is InChI=1S/C53H68N2S3/c1-7-11-15-19-23-39-35-48(56-38(39)6)44-29-30-45(51-50(44)54-58-55-51)49-36-40(24-20-16-12-8-2)52(57-49)41-26-28-43-42-27-25-37(5)33-46(42)53(47(43)34-41,31-21-17-13-9-3)32-22-18-14-10-4/h25-30,33-36H,7-24,31-32H2,1-6H3. The van der Waals surface area contributed by atoms with Gasteiger partial charge in [-0.2, -0.15) is 8.75 Å². The van der Waals surface area contributed by atoms with Gasteiger partial charge in [0.1, 0.15) is 11.0 Å². The summed E-state index contributed by atoms with van der Waals surface area (Å²) in [5.74, 6) is 0. The molecule has 2 nitrogen and oxygen atoms in total. The smallest absolute Gasteiger partial charge is 0.114 e. The molecule has 0 amide bonds. The van der Waals surface area contributed by atoms with Crippen molar-refractivity contribution in [2.24, 2.45) is 0 Å². The number of hydrogen-bond donors (Lipinski definition) is 0. The number of hydrogen-bond acceptors (Lipinski definition) is 5. The van der Waals surface area contributed by atoms with Crippen LogP contribution in [0.15, 0.2) is 60.7 Å². The van der Waals surface area contributed by atoms with Crippen LogP contribution in [0.2, 0.25) is 0 Å². The first-order valence-electron chi connectivity index (χ1n) is 23.2. The number of nitrogens with zero attached hydrogens (tertiary/aromatic N) is 2. The number of aryl methyl sites for hydroxylation is 4. The second-order valence-corrected chi connectivity index (χ2v) is 20.3. The first kappa shape index (κ1) is 43.0. The Morgan fingerprint density at radius 1 is 0.483 bits per heavy atom. The van der Waals surface area contributed by atoms with Crippen molar-refractivity contribution in [2.75, 3.05) is 0 Å². The van der Waals surface area contributed by atoms with Crippen LogP contribution in [0.3, 0.4) is 0 Å². The van der Waals surface area contributed by atoms with E-state index in [1.807, 2.05) is 22.7 Å². The van der Waals surface area contributed by atoms with Gasteiger partial charge in [0.15, 0.2) is 0 Å². The third-order valence-corrected chi connectivity index (χ3v) is 16.0. The molecule has 0 fully saturated rings. The van der Waals surface area contributed by atoms with Gasteiger partial charge in [-0.05, 0) is 110 Å². The molecule has 1 aliphatic carbocycles. The van der Waals surface area contributed by atoms with Crippen molar-refractivity contribution >= 4 is 45.4 Å². The van der Waals surface area contributed by atoms with Crippen LogP contribution in [-0.4, -0.2) is 8.75 Å². The van der Waals surface area contributed by atoms with E-state index in [0.29, 0.717) is 0 Å². The molecule has 0 spiro atoms. The molecule has 5 heteroatoms. The zero-order valence-corrected chi connectivity index (χ0v) is 39.0. The van der Waals surface area contributed by atoms with Gasteiger partial charge in [0.2, 0.25) is 0 Å². The van der Waals surface area contributed by atoms with Gasteiger partial charge in [-0.3, -0.25) is 0 Å². The monoisotopic (exact) mass is 828 g/mol. The number of unbranched alkanes of at least 4 members (excludes halogenated alkanes) is 12. The fourth-order valence-electron chi connectivity index (χ4n) is 9.76. The van der Waals surface area contributed by atoms with E-state index < -0.39 is 0 Å². The molecule has 0 bridgehead atoms. The lowest BCUT2D eigenvalue weighted by Crippen LogP contribution is -2.25. The van der Waals surface area contributed by atoms with Crippen molar-refractivity contribution in [1.82, 2.24) is 8.75 Å². The van der Waals surface area contributed by atoms with E-state index in [1.165, 1.54) is 198 Å². The minimum atomic E-state index is 0.0827. The number of rotatable bonds is 23. The van der Waals surface area contributed by atoms with Crippen molar-refractivity contribution in [3.8, 4) is 42.4 Å². The lowest BCUT2D eigenvalue weighted by atomic mass is 9.70. The van der Waals surface area contributed by atoms with Crippen molar-refractivity contribution in [2.45, 2.75) is 175 Å². The Bertz CT molecular complexity index is 2240. The van der Waals surface area contributed by atoms with Crippen LogP contribution in [0.5, 0.6) is 0 Å². The highest BCUT2D eigenvalue weighted by molar-refractivity contribution is 7.19. The highest BCUT2D eigenvalue weighted by atomic mass is 32.1. The second-order valence-electron chi connectivity index (χ2n) is 17.4. The van der Waals surface area contributed by atoms with Gasteiger partial charge >= 0.3 is 0 Å². The molecule has 0 radical (unpaired) electrons. The van der Waals surface area contributed by atoms with Gasteiger partial charge in [-0.1, -0.05) is 166 Å². The summed E-state index contributed by atoms with van der Waals surface area (Å²) in [6.07, 6.45) is 25.5. The average Bonchev–Trinajstić information content (AvgIpc) is 4.03. The summed E-state index contributed by atoms with van der Waals surface area (Å²) >= 11 is 5.28. The van der Waals surface area contributed by atoms with Crippen molar-refractivity contribution in [3.05, 3.63) is 93.4 Å². The minimum Gasteiger partial charge on any atom is -0.172 e. The van der Waals surface area contributed by atoms with Crippen molar-refractivity contribution < 1.29 is 0 Å². The maximum atomic E-state index is 5.00. The Balaban J connectivity index is 1.29. The molecular weight excluding hydrogens is 761 g/mol. The molecule has 308 valence electrons. The fourth-order valence-corrected chi connectivity index (χ4v) is 12.7. The largest absolute Gasteiger partial charge is 0.172 e. The van der Waals surface area contributed by atoms with Crippen molar-refractivity contribution in [3.63, 3.8) is 0 Å². The number of benzene rings is 3. The SMILES string of the molecule is CCCCCCc1cc(-c2ccc(-c3cc(CCCCCC)c(-c4ccc5c(c4)C(CCCCCC)(CCCCCC)c4cc(C)ccc4-5)s3)c3nsnc23)sc1C. The van der Waals surface area contributed by atoms with Crippen LogP contribution in [0.25, 0.3) is 53.5 Å². The van der Waals surface area contributed by atoms with Crippen molar-refractivity contribution in [1.29, 1.82) is 0 Å². The molecule has 0 N–H and O–H groups in total. The number of fused-ring (bicyclic) bond motifs is 4. The van der Waals surface area contributed by atoms with Crippen LogP contribution < -0.4 is 0 Å². The van der Waals surface area contributed by atoms with Crippen LogP contribution in [0, 0.1) is 13.8 Å². The van der Waals surface area contributed by atoms with Crippen LogP contribution >= 0.6 is 34.4 Å². The molecule has 3 aromatic heterocycles. The quantitative estimate of drug-likeness (QED) is 0.0601. The molecule has 0 saturated heterocycles. The second kappa shape index (κ2) is 20.4. The van der Waals surface area contributed by atoms with E-state index in [1.54, 1.807) is 11.1 Å². The summed E-state index contributed by atoms with van der Waals surface area (Å²) in [4.78, 5) is 5.56. The fraction of sp³-hybridized carbons (Fsp3) is 0.509. The molecular formula is C53H68N2S3. The molecule has 3 heterocycles. The normalized spacial score (nSPS) is 13.1. The van der Waals surface area contributed by atoms with Gasteiger partial charge in [0, 0.05) is 36.1 Å². The molecule has 1 aliphatic rings. The van der Waals surface area contributed by atoms with Gasteiger partial charge in [0.05, 0.1) is 11.7 Å². The van der Waals surface area contributed by atoms with Gasteiger partial charge < -0.3 is 0 Å². The topological polar surface area (TPSA) is 25.8 Å². The van der Waals surface area contributed by atoms with Gasteiger partial charge in [0.25, 0.3) is 0 Å². The average molecular weight is 829 g/mol. The van der Waals surface area contributed by atoms with E-state index in [2.05, 4.69) is 102 Å². The Morgan fingerprint density at radius 2 is 0.983 bits per heavy atom. The molecule has 0 atom stereocenters. The van der Waals surface area contributed by atoms with Crippen LogP contribution in [-0.2, 0) is 18.3 Å². The summed E-state index contributed by atoms with van der Waals surface area (Å²) in [6.45, 7) is 13.9. The summed E-state index contributed by atoms with van der Waals surface area (Å²) in [5.41, 5.74) is 16.6. The maximum absolute atomic E-state index is 5.00. The third kappa shape index (κ3) is 9.27. The minimum absolute atomic E-state index is 0.0827. The first-order valence-corrected chi connectivity index (χ1v) is 25.5. The van der Waals surface area contributed by atoms with E-state index in [0.717, 1.165) is 17.5 Å². The number of aromatic nitrogens is 2. The lowest BCUT2D eigenvalue weighted by Gasteiger charge is -2.33. The third-order valence-electron chi connectivity index (χ3n) is 13.1. The molecule has 3 aromatic carbocycles. The zero-order valence-electron chi connectivity index (χ0n) is 36.5. The molecule has 7 rings (SSSR count). The van der Waals surface area contributed by atoms with Crippen LogP contribution in [0.4, 0.5) is 0 Å². The molecule has 0 aliphatic heterocycles. The summed E-state index contributed by atoms with van der Waals surface area (Å²) < 4.78 is 9.96. The molecule has 0 saturated carbocycles. The Hall–Kier alpha value is -3.12. The van der Waals surface area contributed by atoms with E-state index in [-0.39, 0.29) is 5.41 Å². The summed E-state index contributed by atoms with van der Waals surface area (Å²) in [6, 6.07) is 24.6. The molecule has 0 unspecified atom stereocenters. The number of thiophene rings is 2. The highest BCUT2D eigenvalue weighted by Gasteiger charge is 2.42. The van der Waals surface area contributed by atoms with Gasteiger partial charge in [-0.15, -0.1) is 22.7 Å². The van der Waals surface area contributed by atoms with Gasteiger partial charge in [-0.25, -0.2) is 0 Å². The zero-order chi connectivity index (χ0) is 40.5.